The van der Waals surface area contributed by atoms with Crippen molar-refractivity contribution < 1.29 is 8.78 Å². The van der Waals surface area contributed by atoms with Crippen LogP contribution in [0.1, 0.15) is 17.8 Å². The predicted octanol–water partition coefficient (Wildman–Crippen LogP) is 2.28. The first-order chi connectivity index (χ1) is 7.70. The second-order valence-electron chi connectivity index (χ2n) is 3.03. The third-order valence-electron chi connectivity index (χ3n) is 1.99. The second-order valence-corrected chi connectivity index (χ2v) is 3.03. The minimum absolute atomic E-state index is 0.264. The molecule has 0 saturated heterocycles. The molecule has 4 nitrogen and oxygen atoms in total. The molecular formula is C10H6F2N4. The average molecular weight is 220 g/mol. The lowest BCUT2D eigenvalue weighted by atomic mass is 10.1. The highest BCUT2D eigenvalue weighted by atomic mass is 19.3. The molecule has 0 aliphatic carbocycles. The molecule has 0 fully saturated rings. The number of rotatable bonds is 2. The van der Waals surface area contributed by atoms with Gasteiger partial charge < -0.3 is 0 Å². The lowest BCUT2D eigenvalue weighted by molar-refractivity contribution is 0.141. The van der Waals surface area contributed by atoms with Crippen LogP contribution in [0.2, 0.25) is 0 Å². The van der Waals surface area contributed by atoms with Crippen LogP contribution in [-0.2, 0) is 0 Å². The number of hydrogen-bond donors (Lipinski definition) is 1. The van der Waals surface area contributed by atoms with E-state index in [0.717, 1.165) is 0 Å². The molecule has 0 unspecified atom stereocenters. The van der Waals surface area contributed by atoms with Crippen LogP contribution in [0.3, 0.4) is 0 Å². The molecule has 1 aromatic carbocycles. The van der Waals surface area contributed by atoms with Crippen LogP contribution in [0.15, 0.2) is 24.3 Å². The van der Waals surface area contributed by atoms with Gasteiger partial charge in [0.05, 0.1) is 11.6 Å². The van der Waals surface area contributed by atoms with Crippen molar-refractivity contribution in [3.05, 3.63) is 35.7 Å². The van der Waals surface area contributed by atoms with Gasteiger partial charge in [0, 0.05) is 5.56 Å². The highest BCUT2D eigenvalue weighted by molar-refractivity contribution is 5.56. The zero-order valence-electron chi connectivity index (χ0n) is 7.98. The number of aromatic nitrogens is 3. The standard InChI is InChI=1S/C10H6F2N4/c11-8(12)10-14-9(15-16-10)7-3-1-6(5-13)2-4-7/h1-4,8H,(H,14,15,16). The molecule has 6 heteroatoms. The van der Waals surface area contributed by atoms with E-state index < -0.39 is 12.2 Å². The van der Waals surface area contributed by atoms with Gasteiger partial charge in [-0.15, -0.1) is 0 Å². The van der Waals surface area contributed by atoms with Crippen LogP contribution in [0.4, 0.5) is 8.78 Å². The van der Waals surface area contributed by atoms with Gasteiger partial charge in [-0.05, 0) is 24.3 Å². The summed E-state index contributed by atoms with van der Waals surface area (Å²) in [5, 5.41) is 14.4. The Bertz CT molecular complexity index is 524. The molecule has 0 saturated carbocycles. The number of alkyl halides is 2. The summed E-state index contributed by atoms with van der Waals surface area (Å²) >= 11 is 0. The van der Waals surface area contributed by atoms with E-state index in [1.807, 2.05) is 6.07 Å². The van der Waals surface area contributed by atoms with Gasteiger partial charge in [-0.2, -0.15) is 10.4 Å². The van der Waals surface area contributed by atoms with Crippen molar-refractivity contribution in [3.63, 3.8) is 0 Å². The summed E-state index contributed by atoms with van der Waals surface area (Å²) in [7, 11) is 0. The molecule has 0 bridgehead atoms. The zero-order chi connectivity index (χ0) is 11.5. The average Bonchev–Trinajstić information content (AvgIpc) is 2.78. The lowest BCUT2D eigenvalue weighted by Gasteiger charge is -1.94. The molecule has 0 amide bonds. The van der Waals surface area contributed by atoms with Crippen LogP contribution in [-0.4, -0.2) is 15.2 Å². The molecule has 2 rings (SSSR count). The van der Waals surface area contributed by atoms with E-state index in [2.05, 4.69) is 15.2 Å². The Labute approximate surface area is 89.6 Å². The smallest absolute Gasteiger partial charge is 0.259 e. The Balaban J connectivity index is 2.32. The van der Waals surface area contributed by atoms with Gasteiger partial charge in [-0.25, -0.2) is 13.8 Å². The summed E-state index contributed by atoms with van der Waals surface area (Å²) in [6, 6.07) is 8.37. The first kappa shape index (κ1) is 10.2. The molecule has 16 heavy (non-hydrogen) atoms. The molecule has 0 radical (unpaired) electrons. The molecular weight excluding hydrogens is 214 g/mol. The highest BCUT2D eigenvalue weighted by Crippen LogP contribution is 2.19. The third-order valence-corrected chi connectivity index (χ3v) is 1.99. The minimum atomic E-state index is -2.69. The SMILES string of the molecule is N#Cc1ccc(-c2nc(C(F)F)n[nH]2)cc1. The van der Waals surface area contributed by atoms with Gasteiger partial charge in [0.15, 0.2) is 5.82 Å². The predicted molar refractivity (Wildman–Crippen MR) is 51.5 cm³/mol. The van der Waals surface area contributed by atoms with E-state index >= 15 is 0 Å². The van der Waals surface area contributed by atoms with Gasteiger partial charge in [0.2, 0.25) is 5.82 Å². The third kappa shape index (κ3) is 1.88. The van der Waals surface area contributed by atoms with Crippen molar-refractivity contribution in [1.82, 2.24) is 15.2 Å². The van der Waals surface area contributed by atoms with Crippen molar-refractivity contribution in [3.8, 4) is 17.5 Å². The van der Waals surface area contributed by atoms with E-state index in [4.69, 9.17) is 5.26 Å². The van der Waals surface area contributed by atoms with Gasteiger partial charge in [-0.3, -0.25) is 5.10 Å². The van der Waals surface area contributed by atoms with Crippen LogP contribution >= 0.6 is 0 Å². The van der Waals surface area contributed by atoms with E-state index in [-0.39, 0.29) is 5.82 Å². The molecule has 0 spiro atoms. The number of aromatic amines is 1. The molecule has 2 aromatic rings. The monoisotopic (exact) mass is 220 g/mol. The van der Waals surface area contributed by atoms with Crippen molar-refractivity contribution >= 4 is 0 Å². The van der Waals surface area contributed by atoms with Crippen molar-refractivity contribution in [2.75, 3.05) is 0 Å². The summed E-state index contributed by atoms with van der Waals surface area (Å²) in [5.74, 6) is -0.265. The first-order valence-corrected chi connectivity index (χ1v) is 4.41. The Morgan fingerprint density at radius 3 is 2.44 bits per heavy atom. The second kappa shape index (κ2) is 4.06. The summed E-state index contributed by atoms with van der Waals surface area (Å²) in [6.07, 6.45) is -2.69. The molecule has 1 N–H and O–H groups in total. The van der Waals surface area contributed by atoms with Crippen LogP contribution in [0.25, 0.3) is 11.4 Å². The zero-order valence-corrected chi connectivity index (χ0v) is 7.98. The number of nitriles is 1. The van der Waals surface area contributed by atoms with Crippen molar-refractivity contribution in [1.29, 1.82) is 5.26 Å². The maximum absolute atomic E-state index is 12.2. The minimum Gasteiger partial charge on any atom is -0.259 e. The number of halogens is 2. The fourth-order valence-corrected chi connectivity index (χ4v) is 1.20. The highest BCUT2D eigenvalue weighted by Gasteiger charge is 2.14. The number of hydrogen-bond acceptors (Lipinski definition) is 3. The Morgan fingerprint density at radius 2 is 1.94 bits per heavy atom. The first-order valence-electron chi connectivity index (χ1n) is 4.41. The molecule has 0 aliphatic rings. The summed E-state index contributed by atoms with van der Waals surface area (Å²) in [5.41, 5.74) is 1.11. The Hall–Kier alpha value is -2.29. The number of benzene rings is 1. The van der Waals surface area contributed by atoms with Gasteiger partial charge in [0.1, 0.15) is 0 Å². The normalized spacial score (nSPS) is 10.4. The maximum atomic E-state index is 12.2. The fourth-order valence-electron chi connectivity index (χ4n) is 1.20. The van der Waals surface area contributed by atoms with Gasteiger partial charge in [0.25, 0.3) is 6.43 Å². The summed E-state index contributed by atoms with van der Waals surface area (Å²) in [4.78, 5) is 3.64. The maximum Gasteiger partial charge on any atom is 0.299 e. The number of nitrogens with zero attached hydrogens (tertiary/aromatic N) is 3. The Morgan fingerprint density at radius 1 is 1.25 bits per heavy atom. The quantitative estimate of drug-likeness (QED) is 0.844. The Kier molecular flexibility index (Phi) is 2.60. The molecule has 1 heterocycles. The van der Waals surface area contributed by atoms with Gasteiger partial charge in [-0.1, -0.05) is 0 Å². The number of nitrogens with one attached hydrogen (secondary N) is 1. The number of H-pyrrole nitrogens is 1. The summed E-state index contributed by atoms with van der Waals surface area (Å²) in [6.45, 7) is 0. The van der Waals surface area contributed by atoms with E-state index in [1.54, 1.807) is 24.3 Å². The van der Waals surface area contributed by atoms with Crippen LogP contribution in [0.5, 0.6) is 0 Å². The topological polar surface area (TPSA) is 65.4 Å². The fraction of sp³-hybridized carbons (Fsp3) is 0.100. The van der Waals surface area contributed by atoms with E-state index in [1.165, 1.54) is 0 Å². The van der Waals surface area contributed by atoms with E-state index in [9.17, 15) is 8.78 Å². The van der Waals surface area contributed by atoms with Crippen molar-refractivity contribution in [2.24, 2.45) is 0 Å². The largest absolute Gasteiger partial charge is 0.299 e. The molecule has 80 valence electrons. The van der Waals surface area contributed by atoms with Gasteiger partial charge >= 0.3 is 0 Å². The molecule has 0 aliphatic heterocycles. The molecule has 1 aromatic heterocycles. The summed E-state index contributed by atoms with van der Waals surface area (Å²) < 4.78 is 24.5. The van der Waals surface area contributed by atoms with Crippen LogP contribution in [0, 0.1) is 11.3 Å². The molecule has 0 atom stereocenters. The van der Waals surface area contributed by atoms with Crippen LogP contribution < -0.4 is 0 Å². The lowest BCUT2D eigenvalue weighted by Crippen LogP contribution is -1.86. The van der Waals surface area contributed by atoms with Crippen molar-refractivity contribution in [2.45, 2.75) is 6.43 Å². The van der Waals surface area contributed by atoms with E-state index in [0.29, 0.717) is 11.1 Å².